The molecule has 0 heterocycles. The molecule has 0 saturated carbocycles. The van der Waals surface area contributed by atoms with E-state index in [1.54, 1.807) is 13.8 Å². The van der Waals surface area contributed by atoms with Gasteiger partial charge in [0.25, 0.3) is 0 Å². The van der Waals surface area contributed by atoms with Crippen molar-refractivity contribution in [1.29, 1.82) is 0 Å². The van der Waals surface area contributed by atoms with Crippen molar-refractivity contribution in [2.24, 2.45) is 11.7 Å². The molecule has 0 aliphatic rings. The molecule has 0 saturated heterocycles. The number of carbonyl (C=O) groups is 7. The van der Waals surface area contributed by atoms with Crippen LogP contribution < -0.4 is 31.5 Å². The van der Waals surface area contributed by atoms with Crippen LogP contribution in [0, 0.1) is 5.92 Å². The van der Waals surface area contributed by atoms with Crippen LogP contribution in [0.15, 0.2) is 48.5 Å². The zero-order valence-electron chi connectivity index (χ0n) is 27.4. The van der Waals surface area contributed by atoms with Gasteiger partial charge in [0.2, 0.25) is 23.6 Å². The van der Waals surface area contributed by atoms with E-state index in [9.17, 15) is 48.3 Å². The number of carboxylic acid groups (broad SMARTS) is 2. The highest BCUT2D eigenvalue weighted by Gasteiger charge is 2.33. The Morgan fingerprint density at radius 2 is 1.16 bits per heavy atom. The molecule has 0 radical (unpaired) electrons. The first kappa shape index (κ1) is 41.8. The summed E-state index contributed by atoms with van der Waals surface area (Å²) in [5, 5.41) is 37.6. The molecule has 2 aromatic carbocycles. The number of carboxylic acids is 2. The predicted octanol–water partition coefficient (Wildman–Crippen LogP) is -1.28. The number of phenolic OH excluding ortho intramolecular Hbond substituents is 1. The summed E-state index contributed by atoms with van der Waals surface area (Å²) in [6, 6.07) is 3.04. The van der Waals surface area contributed by atoms with E-state index < -0.39 is 86.4 Å². The van der Waals surface area contributed by atoms with Crippen molar-refractivity contribution < 1.29 is 67.8 Å². The number of rotatable bonds is 20. The molecule has 0 spiro atoms. The van der Waals surface area contributed by atoms with Gasteiger partial charge in [-0.2, -0.15) is 0 Å². The standard InChI is InChI=1S/C31H40N5O14P/c1-16(2)25(15-37)36-30(45)23(11-17-3-7-19(38)8-4-17)34-31(46)24(14-27(41)42)35-29(44)22(33-28(43)21(32)13-26(39)40)12-18-5-9-20(10-6-18)50-51(47,48)49/h3-10,15-16,21-25,38H,11-14,32H2,1-2H3,(H,33,43)(H,34,46)(H,35,44)(H,36,45)(H,39,40)(H,41,42)(H2,47,48,49)/t21-,22-,23-,24-,25+/m0/s1. The Balaban J connectivity index is 2.39. The van der Waals surface area contributed by atoms with E-state index in [4.69, 9.17) is 20.6 Å². The van der Waals surface area contributed by atoms with Crippen LogP contribution in [0.2, 0.25) is 0 Å². The summed E-state index contributed by atoms with van der Waals surface area (Å²) in [6.45, 7) is 3.33. The summed E-state index contributed by atoms with van der Waals surface area (Å²) in [5.41, 5.74) is 6.36. The number of aliphatic carboxylic acids is 2. The second-order valence-corrected chi connectivity index (χ2v) is 12.9. The first-order valence-electron chi connectivity index (χ1n) is 15.3. The molecule has 0 unspecified atom stereocenters. The molecule has 0 aliphatic heterocycles. The van der Waals surface area contributed by atoms with E-state index in [1.165, 1.54) is 36.4 Å². The van der Waals surface area contributed by atoms with Crippen molar-refractivity contribution >= 4 is 49.7 Å². The average molecular weight is 738 g/mol. The zero-order chi connectivity index (χ0) is 38.5. The molecule has 20 heteroatoms. The Morgan fingerprint density at radius 3 is 1.61 bits per heavy atom. The fourth-order valence-corrected chi connectivity index (χ4v) is 4.85. The zero-order valence-corrected chi connectivity index (χ0v) is 28.3. The van der Waals surface area contributed by atoms with Crippen LogP contribution in [0.4, 0.5) is 0 Å². The van der Waals surface area contributed by atoms with Gasteiger partial charge in [-0.25, -0.2) is 4.57 Å². The first-order chi connectivity index (χ1) is 23.8. The van der Waals surface area contributed by atoms with Gasteiger partial charge >= 0.3 is 19.8 Å². The summed E-state index contributed by atoms with van der Waals surface area (Å²) in [7, 11) is -4.90. The Labute approximate surface area is 291 Å². The molecule has 5 atom stereocenters. The minimum Gasteiger partial charge on any atom is -0.508 e. The average Bonchev–Trinajstić information content (AvgIpc) is 3.02. The third kappa shape index (κ3) is 15.0. The number of amides is 4. The highest BCUT2D eigenvalue weighted by Crippen LogP contribution is 2.37. The number of hydrogen-bond acceptors (Lipinski definition) is 11. The lowest BCUT2D eigenvalue weighted by Gasteiger charge is -2.26. The lowest BCUT2D eigenvalue weighted by Crippen LogP contribution is -2.59. The van der Waals surface area contributed by atoms with Crippen molar-refractivity contribution in [3.8, 4) is 11.5 Å². The monoisotopic (exact) mass is 737 g/mol. The maximum Gasteiger partial charge on any atom is 0.524 e. The van der Waals surface area contributed by atoms with Gasteiger partial charge in [0.15, 0.2) is 0 Å². The smallest absolute Gasteiger partial charge is 0.508 e. The summed E-state index contributed by atoms with van der Waals surface area (Å²) in [6.07, 6.45) is -1.86. The third-order valence-electron chi connectivity index (χ3n) is 7.15. The summed E-state index contributed by atoms with van der Waals surface area (Å²) in [4.78, 5) is 106. The first-order valence-corrected chi connectivity index (χ1v) is 16.8. The Bertz CT molecular complexity index is 1610. The molecule has 11 N–H and O–H groups in total. The Kier molecular flexibility index (Phi) is 15.7. The van der Waals surface area contributed by atoms with E-state index in [-0.39, 0.29) is 35.8 Å². The van der Waals surface area contributed by atoms with Crippen molar-refractivity contribution in [1.82, 2.24) is 21.3 Å². The number of phosphoric ester groups is 1. The van der Waals surface area contributed by atoms with Gasteiger partial charge in [-0.1, -0.05) is 38.1 Å². The molecular formula is C31H40N5O14P. The largest absolute Gasteiger partial charge is 0.524 e. The van der Waals surface area contributed by atoms with Gasteiger partial charge in [-0.15, -0.1) is 0 Å². The predicted molar refractivity (Wildman–Crippen MR) is 176 cm³/mol. The number of nitrogens with one attached hydrogen (secondary N) is 4. The van der Waals surface area contributed by atoms with Crippen molar-refractivity contribution in [3.63, 3.8) is 0 Å². The van der Waals surface area contributed by atoms with Crippen LogP contribution in [0.1, 0.15) is 37.8 Å². The van der Waals surface area contributed by atoms with E-state index >= 15 is 0 Å². The summed E-state index contributed by atoms with van der Waals surface area (Å²) < 4.78 is 15.6. The summed E-state index contributed by atoms with van der Waals surface area (Å²) in [5.74, 6) is -7.77. The van der Waals surface area contributed by atoms with Crippen LogP contribution in [0.3, 0.4) is 0 Å². The van der Waals surface area contributed by atoms with Crippen LogP contribution in [-0.4, -0.2) is 97.2 Å². The SMILES string of the molecule is CC(C)[C@@H](C=O)NC(=O)[C@H](Cc1ccc(O)cc1)NC(=O)[C@H](CC(=O)O)NC(=O)[C@H](Cc1ccc(OP(=O)(O)O)cc1)NC(=O)[C@@H](N)CC(=O)O. The lowest BCUT2D eigenvalue weighted by atomic mass is 10.0. The van der Waals surface area contributed by atoms with Crippen molar-refractivity contribution in [2.75, 3.05) is 0 Å². The Hall–Kier alpha value is -5.36. The van der Waals surface area contributed by atoms with Gasteiger partial charge in [-0.3, -0.25) is 38.6 Å². The fraction of sp³-hybridized carbons (Fsp3) is 0.387. The van der Waals surface area contributed by atoms with E-state index in [1.807, 2.05) is 0 Å². The topological polar surface area (TPSA) is 321 Å². The number of hydrogen-bond donors (Lipinski definition) is 10. The molecular weight excluding hydrogens is 697 g/mol. The molecule has 2 rings (SSSR count). The summed E-state index contributed by atoms with van der Waals surface area (Å²) >= 11 is 0. The highest BCUT2D eigenvalue weighted by atomic mass is 31.2. The van der Waals surface area contributed by atoms with Gasteiger partial charge in [0.05, 0.1) is 24.9 Å². The maximum absolute atomic E-state index is 13.6. The number of phosphoric acid groups is 1. The normalized spacial score (nSPS) is 14.2. The number of benzene rings is 2. The van der Waals surface area contributed by atoms with E-state index in [0.717, 1.165) is 12.1 Å². The molecule has 2 aromatic rings. The minimum atomic E-state index is -4.90. The minimum absolute atomic E-state index is 0.0789. The third-order valence-corrected chi connectivity index (χ3v) is 7.60. The maximum atomic E-state index is 13.6. The molecule has 0 fully saturated rings. The number of nitrogens with two attached hydrogens (primary N) is 1. The molecule has 51 heavy (non-hydrogen) atoms. The Morgan fingerprint density at radius 1 is 0.725 bits per heavy atom. The van der Waals surface area contributed by atoms with Gasteiger partial charge in [-0.05, 0) is 41.3 Å². The van der Waals surface area contributed by atoms with Crippen LogP contribution >= 0.6 is 7.82 Å². The molecule has 278 valence electrons. The van der Waals surface area contributed by atoms with E-state index in [2.05, 4.69) is 25.8 Å². The lowest BCUT2D eigenvalue weighted by molar-refractivity contribution is -0.141. The van der Waals surface area contributed by atoms with Gasteiger partial charge < -0.3 is 51.6 Å². The van der Waals surface area contributed by atoms with E-state index in [0.29, 0.717) is 11.8 Å². The van der Waals surface area contributed by atoms with Crippen molar-refractivity contribution in [2.45, 2.75) is 69.7 Å². The highest BCUT2D eigenvalue weighted by molar-refractivity contribution is 7.46. The van der Waals surface area contributed by atoms with Gasteiger partial charge in [0.1, 0.15) is 35.9 Å². The number of aldehydes is 1. The number of aromatic hydroxyl groups is 1. The van der Waals surface area contributed by atoms with Crippen LogP contribution in [0.5, 0.6) is 11.5 Å². The number of carbonyl (C=O) groups excluding carboxylic acids is 5. The second-order valence-electron chi connectivity index (χ2n) is 11.7. The molecule has 0 bridgehead atoms. The van der Waals surface area contributed by atoms with Crippen LogP contribution in [-0.2, 0) is 51.0 Å². The number of phenols is 1. The molecule has 0 aliphatic carbocycles. The van der Waals surface area contributed by atoms with Gasteiger partial charge in [0, 0.05) is 12.8 Å². The molecule has 19 nitrogen and oxygen atoms in total. The van der Waals surface area contributed by atoms with Crippen LogP contribution in [0.25, 0.3) is 0 Å². The quantitative estimate of drug-likeness (QED) is 0.0559. The second kappa shape index (κ2) is 19.1. The van der Waals surface area contributed by atoms with Crippen molar-refractivity contribution in [3.05, 3.63) is 59.7 Å². The molecule has 0 aromatic heterocycles. The molecule has 4 amide bonds. The fourth-order valence-electron chi connectivity index (χ4n) is 4.46.